The van der Waals surface area contributed by atoms with Crippen LogP contribution in [0.2, 0.25) is 0 Å². The molecular formula is C22H25N3O2S. The van der Waals surface area contributed by atoms with Crippen LogP contribution in [0.4, 0.5) is 0 Å². The van der Waals surface area contributed by atoms with Gasteiger partial charge in [-0.05, 0) is 13.3 Å². The topological polar surface area (TPSA) is 67.0 Å². The highest BCUT2D eigenvalue weighted by molar-refractivity contribution is 8.00. The lowest BCUT2D eigenvalue weighted by molar-refractivity contribution is -0.120. The van der Waals surface area contributed by atoms with E-state index >= 15 is 0 Å². The van der Waals surface area contributed by atoms with E-state index in [4.69, 9.17) is 9.72 Å². The van der Waals surface area contributed by atoms with Gasteiger partial charge < -0.3 is 15.0 Å². The number of methoxy groups -OCH3 is 1. The zero-order chi connectivity index (χ0) is 19.8. The van der Waals surface area contributed by atoms with Crippen LogP contribution >= 0.6 is 11.8 Å². The molecule has 28 heavy (non-hydrogen) atoms. The Bertz CT molecular complexity index is 824. The summed E-state index contributed by atoms with van der Waals surface area (Å²) in [5.74, 6) is 0.0000234. The summed E-state index contributed by atoms with van der Waals surface area (Å²) >= 11 is 1.43. The monoisotopic (exact) mass is 395 g/mol. The Morgan fingerprint density at radius 1 is 1.11 bits per heavy atom. The van der Waals surface area contributed by atoms with Crippen LogP contribution in [0.5, 0.6) is 0 Å². The Kier molecular flexibility index (Phi) is 7.28. The molecule has 1 unspecified atom stereocenters. The molecule has 1 heterocycles. The molecule has 146 valence electrons. The molecule has 0 saturated heterocycles. The molecule has 0 aliphatic heterocycles. The van der Waals surface area contributed by atoms with Crippen molar-refractivity contribution in [1.29, 1.82) is 0 Å². The summed E-state index contributed by atoms with van der Waals surface area (Å²) in [6.45, 7) is 3.14. The summed E-state index contributed by atoms with van der Waals surface area (Å²) in [5, 5.41) is 3.43. The highest BCUT2D eigenvalue weighted by Crippen LogP contribution is 2.33. The lowest BCUT2D eigenvalue weighted by atomic mass is 10.1. The van der Waals surface area contributed by atoms with E-state index in [0.29, 0.717) is 13.2 Å². The van der Waals surface area contributed by atoms with E-state index in [1.807, 2.05) is 55.5 Å². The number of nitrogens with zero attached hydrogens (tertiary/aromatic N) is 1. The molecule has 2 N–H and O–H groups in total. The van der Waals surface area contributed by atoms with Crippen LogP contribution in [-0.2, 0) is 9.53 Å². The Labute approximate surface area is 169 Å². The predicted molar refractivity (Wildman–Crippen MR) is 114 cm³/mol. The SMILES string of the molecule is COCCCNC(=O)C(C)Sc1nc(-c2ccccc2)c(-c2ccccc2)[nH]1. The summed E-state index contributed by atoms with van der Waals surface area (Å²) in [6.07, 6.45) is 0.802. The molecule has 3 rings (SSSR count). The van der Waals surface area contributed by atoms with Crippen molar-refractivity contribution in [2.45, 2.75) is 23.8 Å². The fourth-order valence-electron chi connectivity index (χ4n) is 2.82. The molecule has 6 heteroatoms. The van der Waals surface area contributed by atoms with Gasteiger partial charge in [0.05, 0.1) is 16.6 Å². The second-order valence-corrected chi connectivity index (χ2v) is 7.72. The zero-order valence-corrected chi connectivity index (χ0v) is 17.0. The van der Waals surface area contributed by atoms with Crippen LogP contribution in [-0.4, -0.2) is 41.4 Å². The van der Waals surface area contributed by atoms with Crippen LogP contribution in [0.3, 0.4) is 0 Å². The molecule has 0 radical (unpaired) electrons. The predicted octanol–water partition coefficient (Wildman–Crippen LogP) is 4.38. The first-order valence-electron chi connectivity index (χ1n) is 9.33. The number of ether oxygens (including phenoxy) is 1. The van der Waals surface area contributed by atoms with Gasteiger partial charge in [-0.1, -0.05) is 72.4 Å². The second kappa shape index (κ2) is 10.1. The number of hydrogen-bond acceptors (Lipinski definition) is 4. The van der Waals surface area contributed by atoms with Gasteiger partial charge in [0.2, 0.25) is 5.91 Å². The molecule has 5 nitrogen and oxygen atoms in total. The number of aromatic amines is 1. The number of imidazole rings is 1. The number of carbonyl (C=O) groups excluding carboxylic acids is 1. The number of thioether (sulfide) groups is 1. The van der Waals surface area contributed by atoms with Crippen molar-refractivity contribution < 1.29 is 9.53 Å². The van der Waals surface area contributed by atoms with Gasteiger partial charge in [-0.2, -0.15) is 0 Å². The number of rotatable bonds is 9. The van der Waals surface area contributed by atoms with E-state index in [0.717, 1.165) is 34.1 Å². The maximum absolute atomic E-state index is 12.3. The fourth-order valence-corrected chi connectivity index (χ4v) is 3.65. The number of hydrogen-bond donors (Lipinski definition) is 2. The third kappa shape index (κ3) is 5.24. The van der Waals surface area contributed by atoms with E-state index in [-0.39, 0.29) is 11.2 Å². The molecule has 1 aromatic heterocycles. The van der Waals surface area contributed by atoms with Crippen molar-refractivity contribution in [3.8, 4) is 22.5 Å². The van der Waals surface area contributed by atoms with Gasteiger partial charge in [0.25, 0.3) is 0 Å². The standard InChI is InChI=1S/C22H25N3O2S/c1-16(21(26)23-14-9-15-27-2)28-22-24-19(17-10-5-3-6-11-17)20(25-22)18-12-7-4-8-13-18/h3-8,10-13,16H,9,14-15H2,1-2H3,(H,23,26)(H,24,25). The first-order chi connectivity index (χ1) is 13.7. The van der Waals surface area contributed by atoms with Crippen LogP contribution < -0.4 is 5.32 Å². The third-order valence-electron chi connectivity index (χ3n) is 4.27. The molecular weight excluding hydrogens is 370 g/mol. The Morgan fingerprint density at radius 2 is 1.75 bits per heavy atom. The highest BCUT2D eigenvalue weighted by Gasteiger charge is 2.19. The second-order valence-electron chi connectivity index (χ2n) is 6.40. The molecule has 0 fully saturated rings. The molecule has 0 spiro atoms. The normalized spacial score (nSPS) is 11.9. The minimum atomic E-state index is -0.249. The summed E-state index contributed by atoms with van der Waals surface area (Å²) in [6, 6.07) is 20.2. The van der Waals surface area contributed by atoms with E-state index < -0.39 is 0 Å². The largest absolute Gasteiger partial charge is 0.385 e. The minimum Gasteiger partial charge on any atom is -0.385 e. The summed E-state index contributed by atoms with van der Waals surface area (Å²) in [4.78, 5) is 20.5. The molecule has 3 aromatic rings. The van der Waals surface area contributed by atoms with E-state index in [1.165, 1.54) is 11.8 Å². The van der Waals surface area contributed by atoms with Crippen LogP contribution in [0.15, 0.2) is 65.8 Å². The number of carbonyl (C=O) groups is 1. The number of benzene rings is 2. The van der Waals surface area contributed by atoms with Crippen LogP contribution in [0, 0.1) is 0 Å². The number of amides is 1. The van der Waals surface area contributed by atoms with Crippen LogP contribution in [0.1, 0.15) is 13.3 Å². The Hall–Kier alpha value is -2.57. The number of nitrogens with one attached hydrogen (secondary N) is 2. The van der Waals surface area contributed by atoms with Crippen molar-refractivity contribution in [3.63, 3.8) is 0 Å². The number of aromatic nitrogens is 2. The molecule has 0 aliphatic rings. The van der Waals surface area contributed by atoms with Gasteiger partial charge in [-0.3, -0.25) is 4.79 Å². The van der Waals surface area contributed by atoms with Crippen molar-refractivity contribution in [2.24, 2.45) is 0 Å². The maximum atomic E-state index is 12.3. The van der Waals surface area contributed by atoms with Crippen molar-refractivity contribution in [1.82, 2.24) is 15.3 Å². The molecule has 0 bridgehead atoms. The highest BCUT2D eigenvalue weighted by atomic mass is 32.2. The average molecular weight is 396 g/mol. The van der Waals surface area contributed by atoms with Gasteiger partial charge in [0.15, 0.2) is 5.16 Å². The smallest absolute Gasteiger partial charge is 0.233 e. The van der Waals surface area contributed by atoms with Gasteiger partial charge in [-0.15, -0.1) is 0 Å². The average Bonchev–Trinajstić information content (AvgIpc) is 3.16. The Morgan fingerprint density at radius 3 is 2.39 bits per heavy atom. The van der Waals surface area contributed by atoms with Crippen LogP contribution in [0.25, 0.3) is 22.5 Å². The maximum Gasteiger partial charge on any atom is 0.233 e. The van der Waals surface area contributed by atoms with Gasteiger partial charge in [-0.25, -0.2) is 4.98 Å². The summed E-state index contributed by atoms with van der Waals surface area (Å²) in [5.41, 5.74) is 3.96. The first-order valence-corrected chi connectivity index (χ1v) is 10.2. The van der Waals surface area contributed by atoms with Crippen molar-refractivity contribution in [2.75, 3.05) is 20.3 Å². The molecule has 0 saturated carbocycles. The lowest BCUT2D eigenvalue weighted by Crippen LogP contribution is -2.32. The zero-order valence-electron chi connectivity index (χ0n) is 16.1. The third-order valence-corrected chi connectivity index (χ3v) is 5.26. The molecule has 1 amide bonds. The fraction of sp³-hybridized carbons (Fsp3) is 0.273. The quantitative estimate of drug-likeness (QED) is 0.417. The van der Waals surface area contributed by atoms with Gasteiger partial charge >= 0.3 is 0 Å². The first kappa shape index (κ1) is 20.2. The molecule has 2 aromatic carbocycles. The van der Waals surface area contributed by atoms with Gasteiger partial charge in [0, 0.05) is 31.4 Å². The molecule has 1 atom stereocenters. The van der Waals surface area contributed by atoms with Crippen molar-refractivity contribution in [3.05, 3.63) is 60.7 Å². The van der Waals surface area contributed by atoms with E-state index in [2.05, 4.69) is 22.4 Å². The number of H-pyrrole nitrogens is 1. The Balaban J connectivity index is 1.79. The van der Waals surface area contributed by atoms with E-state index in [9.17, 15) is 4.79 Å². The van der Waals surface area contributed by atoms with Crippen molar-refractivity contribution >= 4 is 17.7 Å². The summed E-state index contributed by atoms with van der Waals surface area (Å²) in [7, 11) is 1.66. The lowest BCUT2D eigenvalue weighted by Gasteiger charge is -2.10. The van der Waals surface area contributed by atoms with E-state index in [1.54, 1.807) is 7.11 Å². The summed E-state index contributed by atoms with van der Waals surface area (Å²) < 4.78 is 5.01. The van der Waals surface area contributed by atoms with Gasteiger partial charge in [0.1, 0.15) is 0 Å². The minimum absolute atomic E-state index is 0.0000234. The molecule has 0 aliphatic carbocycles.